The van der Waals surface area contributed by atoms with E-state index in [9.17, 15) is 0 Å². The lowest BCUT2D eigenvalue weighted by Gasteiger charge is -2.11. The van der Waals surface area contributed by atoms with E-state index < -0.39 is 0 Å². The van der Waals surface area contributed by atoms with Crippen molar-refractivity contribution in [2.45, 2.75) is 10.9 Å². The van der Waals surface area contributed by atoms with Gasteiger partial charge in [-0.2, -0.15) is 0 Å². The Morgan fingerprint density at radius 1 is 0.731 bits per heavy atom. The summed E-state index contributed by atoms with van der Waals surface area (Å²) in [5.74, 6) is 1.55. The van der Waals surface area contributed by atoms with E-state index in [-0.39, 0.29) is 0 Å². The summed E-state index contributed by atoms with van der Waals surface area (Å²) in [6, 6.07) is 30.6. The van der Waals surface area contributed by atoms with Crippen molar-refractivity contribution < 1.29 is 0 Å². The van der Waals surface area contributed by atoms with E-state index in [1.54, 1.807) is 11.8 Å². The minimum atomic E-state index is 0.706. The molecule has 0 bridgehead atoms. The molecule has 0 aliphatic carbocycles. The number of nitrogens with one attached hydrogen (secondary N) is 1. The molecule has 0 saturated heterocycles. The first-order chi connectivity index (χ1) is 12.9. The number of hydrogen-bond donors (Lipinski definition) is 1. The third-order valence-corrected chi connectivity index (χ3v) is 4.89. The molecular formula is C21H18N4S. The first-order valence-electron chi connectivity index (χ1n) is 8.40. The summed E-state index contributed by atoms with van der Waals surface area (Å²) >= 11 is 1.68. The molecule has 26 heavy (non-hydrogen) atoms. The smallest absolute Gasteiger partial charge is 0.234 e. The highest BCUT2D eigenvalue weighted by atomic mass is 32.2. The van der Waals surface area contributed by atoms with Gasteiger partial charge in [-0.1, -0.05) is 78.5 Å². The SMILES string of the molecule is c1ccc(CSc2nnc(Nc3ccccc3)n2-c2ccccc2)cc1. The Hall–Kier alpha value is -3.05. The highest BCUT2D eigenvalue weighted by molar-refractivity contribution is 7.98. The van der Waals surface area contributed by atoms with Crippen molar-refractivity contribution in [3.05, 3.63) is 96.6 Å². The molecular weight excluding hydrogens is 340 g/mol. The number of rotatable bonds is 6. The minimum Gasteiger partial charge on any atom is -0.324 e. The van der Waals surface area contributed by atoms with Gasteiger partial charge >= 0.3 is 0 Å². The van der Waals surface area contributed by atoms with Crippen LogP contribution < -0.4 is 5.32 Å². The molecule has 128 valence electrons. The lowest BCUT2D eigenvalue weighted by Crippen LogP contribution is -2.03. The van der Waals surface area contributed by atoms with Crippen molar-refractivity contribution in [2.24, 2.45) is 0 Å². The van der Waals surface area contributed by atoms with Crippen LogP contribution in [0, 0.1) is 0 Å². The number of anilines is 2. The zero-order valence-electron chi connectivity index (χ0n) is 14.1. The van der Waals surface area contributed by atoms with Gasteiger partial charge in [-0.25, -0.2) is 0 Å². The summed E-state index contributed by atoms with van der Waals surface area (Å²) in [6.45, 7) is 0. The standard InChI is InChI=1S/C21H18N4S/c1-4-10-17(11-5-1)16-26-21-24-23-20(22-18-12-6-2-7-13-18)25(21)19-14-8-3-9-15-19/h1-15H,16H2,(H,22,23). The van der Waals surface area contributed by atoms with Crippen LogP contribution >= 0.6 is 11.8 Å². The molecule has 1 heterocycles. The zero-order valence-corrected chi connectivity index (χ0v) is 14.9. The first kappa shape index (κ1) is 16.4. The average Bonchev–Trinajstić information content (AvgIpc) is 3.11. The Balaban J connectivity index is 1.65. The third kappa shape index (κ3) is 3.78. The van der Waals surface area contributed by atoms with Crippen LogP contribution in [0.1, 0.15) is 5.56 Å². The second-order valence-corrected chi connectivity index (χ2v) is 6.68. The van der Waals surface area contributed by atoms with Crippen LogP contribution in [-0.2, 0) is 5.75 Å². The molecule has 0 fully saturated rings. The Kier molecular flexibility index (Phi) is 4.98. The number of benzene rings is 3. The summed E-state index contributed by atoms with van der Waals surface area (Å²) in [6.07, 6.45) is 0. The van der Waals surface area contributed by atoms with E-state index >= 15 is 0 Å². The molecule has 0 atom stereocenters. The Bertz CT molecular complexity index is 953. The Morgan fingerprint density at radius 2 is 1.35 bits per heavy atom. The van der Waals surface area contributed by atoms with Gasteiger partial charge in [0.25, 0.3) is 0 Å². The van der Waals surface area contributed by atoms with Gasteiger partial charge in [0.05, 0.1) is 5.69 Å². The Labute approximate surface area is 156 Å². The Morgan fingerprint density at radius 3 is 2.04 bits per heavy atom. The molecule has 0 aliphatic heterocycles. The van der Waals surface area contributed by atoms with Gasteiger partial charge in [0, 0.05) is 11.4 Å². The zero-order chi connectivity index (χ0) is 17.6. The van der Waals surface area contributed by atoms with E-state index in [1.807, 2.05) is 54.6 Å². The second-order valence-electron chi connectivity index (χ2n) is 5.74. The molecule has 3 aromatic carbocycles. The molecule has 0 unspecified atom stereocenters. The number of nitrogens with zero attached hydrogens (tertiary/aromatic N) is 3. The van der Waals surface area contributed by atoms with Crippen LogP contribution in [-0.4, -0.2) is 14.8 Å². The van der Waals surface area contributed by atoms with Crippen LogP contribution in [0.2, 0.25) is 0 Å². The maximum Gasteiger partial charge on any atom is 0.234 e. The molecule has 4 nitrogen and oxygen atoms in total. The first-order valence-corrected chi connectivity index (χ1v) is 9.38. The van der Waals surface area contributed by atoms with Gasteiger partial charge in [0.2, 0.25) is 5.95 Å². The van der Waals surface area contributed by atoms with Crippen molar-refractivity contribution in [3.63, 3.8) is 0 Å². The molecule has 4 rings (SSSR count). The predicted molar refractivity (Wildman–Crippen MR) is 107 cm³/mol. The maximum atomic E-state index is 4.42. The quantitative estimate of drug-likeness (QED) is 0.475. The van der Waals surface area contributed by atoms with Crippen molar-refractivity contribution in [1.29, 1.82) is 0 Å². The van der Waals surface area contributed by atoms with Crippen LogP contribution in [0.4, 0.5) is 11.6 Å². The molecule has 0 spiro atoms. The summed E-state index contributed by atoms with van der Waals surface area (Å²) in [7, 11) is 0. The molecule has 0 saturated carbocycles. The monoisotopic (exact) mass is 358 g/mol. The molecule has 4 aromatic rings. The topological polar surface area (TPSA) is 42.7 Å². The van der Waals surface area contributed by atoms with Gasteiger partial charge < -0.3 is 5.32 Å². The van der Waals surface area contributed by atoms with Gasteiger partial charge in [0.15, 0.2) is 5.16 Å². The minimum absolute atomic E-state index is 0.706. The predicted octanol–water partition coefficient (Wildman–Crippen LogP) is 5.30. The number of para-hydroxylation sites is 2. The van der Waals surface area contributed by atoms with Crippen LogP contribution in [0.3, 0.4) is 0 Å². The number of aromatic nitrogens is 3. The fourth-order valence-electron chi connectivity index (χ4n) is 2.63. The van der Waals surface area contributed by atoms with Crippen LogP contribution in [0.5, 0.6) is 0 Å². The molecule has 5 heteroatoms. The third-order valence-electron chi connectivity index (χ3n) is 3.89. The lowest BCUT2D eigenvalue weighted by molar-refractivity contribution is 0.886. The maximum absolute atomic E-state index is 4.42. The molecule has 0 radical (unpaired) electrons. The summed E-state index contributed by atoms with van der Waals surface area (Å²) in [5.41, 5.74) is 3.28. The largest absolute Gasteiger partial charge is 0.324 e. The molecule has 0 aliphatic rings. The number of hydrogen-bond acceptors (Lipinski definition) is 4. The van der Waals surface area contributed by atoms with E-state index in [0.29, 0.717) is 5.95 Å². The molecule has 0 amide bonds. The second kappa shape index (κ2) is 7.89. The van der Waals surface area contributed by atoms with E-state index in [0.717, 1.165) is 22.3 Å². The highest BCUT2D eigenvalue weighted by Crippen LogP contribution is 2.28. The van der Waals surface area contributed by atoms with Gasteiger partial charge in [-0.15, -0.1) is 10.2 Å². The fourth-order valence-corrected chi connectivity index (χ4v) is 3.53. The molecule has 1 N–H and O–H groups in total. The fraction of sp³-hybridized carbons (Fsp3) is 0.0476. The summed E-state index contributed by atoms with van der Waals surface area (Å²) < 4.78 is 2.06. The van der Waals surface area contributed by atoms with Crippen molar-refractivity contribution in [2.75, 3.05) is 5.32 Å². The van der Waals surface area contributed by atoms with Crippen molar-refractivity contribution in [1.82, 2.24) is 14.8 Å². The van der Waals surface area contributed by atoms with E-state index in [1.165, 1.54) is 5.56 Å². The van der Waals surface area contributed by atoms with Crippen molar-refractivity contribution >= 4 is 23.4 Å². The van der Waals surface area contributed by atoms with Gasteiger partial charge in [-0.3, -0.25) is 4.57 Å². The van der Waals surface area contributed by atoms with Crippen LogP contribution in [0.15, 0.2) is 96.2 Å². The van der Waals surface area contributed by atoms with Crippen molar-refractivity contribution in [3.8, 4) is 5.69 Å². The van der Waals surface area contributed by atoms with Gasteiger partial charge in [0.1, 0.15) is 0 Å². The van der Waals surface area contributed by atoms with E-state index in [2.05, 4.69) is 56.5 Å². The average molecular weight is 358 g/mol. The summed E-state index contributed by atoms with van der Waals surface area (Å²) in [5, 5.41) is 13.0. The molecule has 1 aromatic heterocycles. The van der Waals surface area contributed by atoms with Crippen LogP contribution in [0.25, 0.3) is 5.69 Å². The highest BCUT2D eigenvalue weighted by Gasteiger charge is 2.14. The van der Waals surface area contributed by atoms with Gasteiger partial charge in [-0.05, 0) is 29.8 Å². The lowest BCUT2D eigenvalue weighted by atomic mass is 10.2. The van der Waals surface area contributed by atoms with E-state index in [4.69, 9.17) is 0 Å². The summed E-state index contributed by atoms with van der Waals surface area (Å²) in [4.78, 5) is 0. The normalized spacial score (nSPS) is 10.6. The number of thioether (sulfide) groups is 1.